The second-order valence-corrected chi connectivity index (χ2v) is 6.56. The van der Waals surface area contributed by atoms with Gasteiger partial charge in [0, 0.05) is 28.7 Å². The molecule has 25 heavy (non-hydrogen) atoms. The lowest BCUT2D eigenvalue weighted by Crippen LogP contribution is -2.24. The Hall–Kier alpha value is -2.41. The summed E-state index contributed by atoms with van der Waals surface area (Å²) >= 11 is 3.17. The third-order valence-electron chi connectivity index (χ3n) is 3.93. The van der Waals surface area contributed by atoms with Crippen molar-refractivity contribution in [3.05, 3.63) is 52.3 Å². The minimum absolute atomic E-state index is 0.0239. The van der Waals surface area contributed by atoms with E-state index < -0.39 is 11.7 Å². The Morgan fingerprint density at radius 1 is 1.28 bits per heavy atom. The van der Waals surface area contributed by atoms with Gasteiger partial charge in [0.2, 0.25) is 5.91 Å². The van der Waals surface area contributed by atoms with E-state index in [0.717, 1.165) is 12.5 Å². The molecule has 1 aliphatic rings. The highest BCUT2D eigenvalue weighted by molar-refractivity contribution is 9.10. The summed E-state index contributed by atoms with van der Waals surface area (Å²) in [5.74, 6) is -0.362. The number of carbonyl (C=O) groups is 2. The molecule has 1 N–H and O–H groups in total. The first-order chi connectivity index (χ1) is 12.0. The zero-order chi connectivity index (χ0) is 18.0. The zero-order valence-electron chi connectivity index (χ0n) is 13.5. The SMILES string of the molecule is COc1ccc(NC(=O)c2cc(F)cc(Br)c2)cc1N1CCCC1=O. The molecule has 0 aliphatic carbocycles. The van der Waals surface area contributed by atoms with Crippen molar-refractivity contribution in [1.82, 2.24) is 0 Å². The summed E-state index contributed by atoms with van der Waals surface area (Å²) in [6, 6.07) is 9.03. The summed E-state index contributed by atoms with van der Waals surface area (Å²) < 4.78 is 19.3. The van der Waals surface area contributed by atoms with Crippen LogP contribution in [-0.4, -0.2) is 25.5 Å². The number of ether oxygens (including phenoxy) is 1. The van der Waals surface area contributed by atoms with Crippen LogP contribution in [0.25, 0.3) is 0 Å². The van der Waals surface area contributed by atoms with E-state index in [1.807, 2.05) is 0 Å². The highest BCUT2D eigenvalue weighted by Gasteiger charge is 2.25. The molecular formula is C18H16BrFN2O3. The van der Waals surface area contributed by atoms with Gasteiger partial charge in [0.25, 0.3) is 5.91 Å². The number of hydrogen-bond acceptors (Lipinski definition) is 3. The van der Waals surface area contributed by atoms with Crippen molar-refractivity contribution in [2.75, 3.05) is 23.9 Å². The average Bonchev–Trinajstić information content (AvgIpc) is 2.99. The number of halogens is 2. The largest absolute Gasteiger partial charge is 0.495 e. The summed E-state index contributed by atoms with van der Waals surface area (Å²) in [6.45, 7) is 0.615. The van der Waals surface area contributed by atoms with Gasteiger partial charge >= 0.3 is 0 Å². The average molecular weight is 407 g/mol. The molecule has 1 aliphatic heterocycles. The predicted molar refractivity (Wildman–Crippen MR) is 96.6 cm³/mol. The Balaban J connectivity index is 1.87. The first kappa shape index (κ1) is 17.4. The van der Waals surface area contributed by atoms with Crippen molar-refractivity contribution >= 4 is 39.1 Å². The minimum atomic E-state index is -0.502. The Bertz CT molecular complexity index is 821. The lowest BCUT2D eigenvalue weighted by atomic mass is 10.2. The molecule has 1 fully saturated rings. The number of hydrogen-bond donors (Lipinski definition) is 1. The van der Waals surface area contributed by atoms with Crippen LogP contribution in [0.1, 0.15) is 23.2 Å². The van der Waals surface area contributed by atoms with Gasteiger partial charge in [-0.05, 0) is 42.8 Å². The van der Waals surface area contributed by atoms with Crippen LogP contribution in [-0.2, 0) is 4.79 Å². The quantitative estimate of drug-likeness (QED) is 0.835. The number of amides is 2. The van der Waals surface area contributed by atoms with Gasteiger partial charge in [0.15, 0.2) is 0 Å². The number of methoxy groups -OCH3 is 1. The summed E-state index contributed by atoms with van der Waals surface area (Å²) in [5, 5.41) is 2.72. The van der Waals surface area contributed by atoms with E-state index in [1.165, 1.54) is 19.2 Å². The first-order valence-electron chi connectivity index (χ1n) is 7.74. The Labute approximate surface area is 152 Å². The van der Waals surface area contributed by atoms with Gasteiger partial charge in [-0.25, -0.2) is 4.39 Å². The highest BCUT2D eigenvalue weighted by Crippen LogP contribution is 2.34. The predicted octanol–water partition coefficient (Wildman–Crippen LogP) is 3.98. The van der Waals surface area contributed by atoms with Crippen LogP contribution in [0.5, 0.6) is 5.75 Å². The lowest BCUT2D eigenvalue weighted by molar-refractivity contribution is -0.117. The molecule has 2 aromatic carbocycles. The maximum atomic E-state index is 13.5. The molecule has 0 radical (unpaired) electrons. The molecule has 1 saturated heterocycles. The number of nitrogens with one attached hydrogen (secondary N) is 1. The van der Waals surface area contributed by atoms with Crippen molar-refractivity contribution < 1.29 is 18.7 Å². The fourth-order valence-corrected chi connectivity index (χ4v) is 3.24. The highest BCUT2D eigenvalue weighted by atomic mass is 79.9. The maximum Gasteiger partial charge on any atom is 0.255 e. The number of carbonyl (C=O) groups excluding carboxylic acids is 2. The summed E-state index contributed by atoms with van der Waals surface area (Å²) in [4.78, 5) is 26.0. The second-order valence-electron chi connectivity index (χ2n) is 5.65. The van der Waals surface area contributed by atoms with Crippen LogP contribution in [0.4, 0.5) is 15.8 Å². The molecule has 5 nitrogen and oxygen atoms in total. The van der Waals surface area contributed by atoms with Crippen LogP contribution in [0.3, 0.4) is 0 Å². The first-order valence-corrected chi connectivity index (χ1v) is 8.53. The number of benzene rings is 2. The van der Waals surface area contributed by atoms with Crippen LogP contribution in [0.15, 0.2) is 40.9 Å². The van der Waals surface area contributed by atoms with Crippen molar-refractivity contribution in [2.45, 2.75) is 12.8 Å². The second kappa shape index (κ2) is 7.23. The van der Waals surface area contributed by atoms with E-state index in [0.29, 0.717) is 34.6 Å². The van der Waals surface area contributed by atoms with Crippen molar-refractivity contribution in [2.24, 2.45) is 0 Å². The topological polar surface area (TPSA) is 58.6 Å². The molecule has 0 spiro atoms. The van der Waals surface area contributed by atoms with Crippen LogP contribution in [0.2, 0.25) is 0 Å². The summed E-state index contributed by atoms with van der Waals surface area (Å²) in [6.07, 6.45) is 1.28. The van der Waals surface area contributed by atoms with E-state index in [9.17, 15) is 14.0 Å². The van der Waals surface area contributed by atoms with E-state index in [-0.39, 0.29) is 11.5 Å². The van der Waals surface area contributed by atoms with Crippen LogP contribution >= 0.6 is 15.9 Å². The van der Waals surface area contributed by atoms with Gasteiger partial charge in [0.05, 0.1) is 12.8 Å². The van der Waals surface area contributed by atoms with E-state index in [4.69, 9.17) is 4.74 Å². The molecule has 7 heteroatoms. The molecule has 0 unspecified atom stereocenters. The Kier molecular flexibility index (Phi) is 5.03. The van der Waals surface area contributed by atoms with E-state index in [2.05, 4.69) is 21.2 Å². The Morgan fingerprint density at radius 2 is 2.08 bits per heavy atom. The number of nitrogens with zero attached hydrogens (tertiary/aromatic N) is 1. The smallest absolute Gasteiger partial charge is 0.255 e. The number of rotatable bonds is 4. The summed E-state index contributed by atoms with van der Waals surface area (Å²) in [5.41, 5.74) is 1.31. The van der Waals surface area contributed by atoms with Gasteiger partial charge in [-0.2, -0.15) is 0 Å². The molecule has 3 rings (SSSR count). The lowest BCUT2D eigenvalue weighted by Gasteiger charge is -2.20. The monoisotopic (exact) mass is 406 g/mol. The maximum absolute atomic E-state index is 13.5. The number of anilines is 2. The molecule has 2 aromatic rings. The molecule has 130 valence electrons. The van der Waals surface area contributed by atoms with Crippen LogP contribution in [0, 0.1) is 5.82 Å². The van der Waals surface area contributed by atoms with E-state index in [1.54, 1.807) is 23.1 Å². The van der Waals surface area contributed by atoms with Crippen LogP contribution < -0.4 is 15.0 Å². The molecule has 1 heterocycles. The fraction of sp³-hybridized carbons (Fsp3) is 0.222. The third-order valence-corrected chi connectivity index (χ3v) is 4.38. The van der Waals surface area contributed by atoms with Gasteiger partial charge in [-0.3, -0.25) is 9.59 Å². The fourth-order valence-electron chi connectivity index (χ4n) is 2.77. The van der Waals surface area contributed by atoms with Gasteiger partial charge in [-0.15, -0.1) is 0 Å². The van der Waals surface area contributed by atoms with Crippen molar-refractivity contribution in [3.8, 4) is 5.75 Å². The molecule has 0 atom stereocenters. The van der Waals surface area contributed by atoms with Crippen molar-refractivity contribution in [1.29, 1.82) is 0 Å². The van der Waals surface area contributed by atoms with Gasteiger partial charge < -0.3 is 15.0 Å². The van der Waals surface area contributed by atoms with Crippen molar-refractivity contribution in [3.63, 3.8) is 0 Å². The summed E-state index contributed by atoms with van der Waals surface area (Å²) in [7, 11) is 1.53. The van der Waals surface area contributed by atoms with Gasteiger partial charge in [-0.1, -0.05) is 15.9 Å². The molecule has 2 amide bonds. The molecule has 0 saturated carbocycles. The minimum Gasteiger partial charge on any atom is -0.495 e. The van der Waals surface area contributed by atoms with E-state index >= 15 is 0 Å². The van der Waals surface area contributed by atoms with Gasteiger partial charge in [0.1, 0.15) is 11.6 Å². The Morgan fingerprint density at radius 3 is 2.72 bits per heavy atom. The molecule has 0 aromatic heterocycles. The molecule has 0 bridgehead atoms. The standard InChI is InChI=1S/C18H16BrFN2O3/c1-25-16-5-4-14(10-15(16)22-6-2-3-17(22)23)21-18(24)11-7-12(19)9-13(20)8-11/h4-5,7-10H,2-3,6H2,1H3,(H,21,24). The normalized spacial score (nSPS) is 13.9. The third kappa shape index (κ3) is 3.82. The zero-order valence-corrected chi connectivity index (χ0v) is 15.1. The molecular weight excluding hydrogens is 391 g/mol.